The molecule has 0 saturated heterocycles. The van der Waals surface area contributed by atoms with E-state index in [4.69, 9.17) is 4.74 Å². The summed E-state index contributed by atoms with van der Waals surface area (Å²) in [6.45, 7) is 4.15. The number of anilines is 2. The van der Waals surface area contributed by atoms with Crippen molar-refractivity contribution in [1.82, 2.24) is 5.32 Å². The molecule has 0 aliphatic carbocycles. The largest absolute Gasteiger partial charge is 0.383 e. The molecule has 5 nitrogen and oxygen atoms in total. The summed E-state index contributed by atoms with van der Waals surface area (Å²) in [5.74, 6) is 0.107. The molecule has 0 radical (unpaired) electrons. The zero-order chi connectivity index (χ0) is 18.2. The second kappa shape index (κ2) is 12.6. The van der Waals surface area contributed by atoms with Gasteiger partial charge in [0.1, 0.15) is 0 Å². The van der Waals surface area contributed by atoms with E-state index in [-0.39, 0.29) is 30.7 Å². The number of para-hydroxylation sites is 2. The monoisotopic (exact) mass is 425 g/mol. The lowest BCUT2D eigenvalue weighted by molar-refractivity contribution is -0.117. The highest BCUT2D eigenvalue weighted by molar-refractivity contribution is 5.98. The van der Waals surface area contributed by atoms with Crippen LogP contribution in [-0.2, 0) is 16.1 Å². The van der Waals surface area contributed by atoms with Crippen molar-refractivity contribution in [3.63, 3.8) is 0 Å². The van der Waals surface area contributed by atoms with E-state index < -0.39 is 0 Å². The molecule has 0 aromatic heterocycles. The van der Waals surface area contributed by atoms with Crippen LogP contribution in [0.1, 0.15) is 12.0 Å². The van der Waals surface area contributed by atoms with Gasteiger partial charge in [0.15, 0.2) is 0 Å². The van der Waals surface area contributed by atoms with Crippen molar-refractivity contribution in [3.8, 4) is 0 Å². The van der Waals surface area contributed by atoms with E-state index in [0.29, 0.717) is 19.7 Å². The Hall–Kier alpha value is -1.79. The summed E-state index contributed by atoms with van der Waals surface area (Å²) in [5, 5.41) is 3.16. The molecule has 7 heteroatoms. The molecule has 1 heterocycles. The third-order valence-electron chi connectivity index (χ3n) is 4.60. The Morgan fingerprint density at radius 1 is 1.00 bits per heavy atom. The fourth-order valence-corrected chi connectivity index (χ4v) is 3.31. The second-order valence-corrected chi connectivity index (χ2v) is 6.46. The summed E-state index contributed by atoms with van der Waals surface area (Å²) in [6.07, 6.45) is 0.950. The van der Waals surface area contributed by atoms with Gasteiger partial charge in [-0.05, 0) is 24.1 Å². The summed E-state index contributed by atoms with van der Waals surface area (Å²) < 4.78 is 5.02. The van der Waals surface area contributed by atoms with Gasteiger partial charge in [0.25, 0.3) is 0 Å². The normalized spacial score (nSPS) is 13.0. The average Bonchev–Trinajstić information content (AvgIpc) is 2.86. The zero-order valence-corrected chi connectivity index (χ0v) is 17.8. The van der Waals surface area contributed by atoms with E-state index in [1.54, 1.807) is 7.11 Å². The molecule has 2 aromatic rings. The minimum atomic E-state index is 0. The molecular weight excluding hydrogens is 397 g/mol. The van der Waals surface area contributed by atoms with Gasteiger partial charge in [-0.15, -0.1) is 24.8 Å². The van der Waals surface area contributed by atoms with E-state index in [1.165, 1.54) is 5.56 Å². The number of carbonyl (C=O) groups is 1. The van der Waals surface area contributed by atoms with Crippen LogP contribution < -0.4 is 15.1 Å². The van der Waals surface area contributed by atoms with Crippen molar-refractivity contribution < 1.29 is 9.53 Å². The predicted octanol–water partition coefficient (Wildman–Crippen LogP) is 3.51. The summed E-state index contributed by atoms with van der Waals surface area (Å²) in [6, 6.07) is 18.7. The first-order chi connectivity index (χ1) is 12.8. The Balaban J connectivity index is 0.00000196. The molecule has 0 atom stereocenters. The number of hydrogen-bond donors (Lipinski definition) is 1. The summed E-state index contributed by atoms with van der Waals surface area (Å²) >= 11 is 0. The van der Waals surface area contributed by atoms with E-state index in [0.717, 1.165) is 37.4 Å². The number of fused-ring (bicyclic) bond motifs is 1. The number of rotatable bonds is 7. The van der Waals surface area contributed by atoms with Crippen LogP contribution in [0.2, 0.25) is 0 Å². The van der Waals surface area contributed by atoms with E-state index in [9.17, 15) is 4.79 Å². The van der Waals surface area contributed by atoms with E-state index >= 15 is 0 Å². The summed E-state index contributed by atoms with van der Waals surface area (Å²) in [7, 11) is 1.66. The number of nitrogens with one attached hydrogen (secondary N) is 1. The van der Waals surface area contributed by atoms with Crippen molar-refractivity contribution >= 4 is 42.1 Å². The molecule has 0 unspecified atom stereocenters. The van der Waals surface area contributed by atoms with Crippen LogP contribution in [0.15, 0.2) is 54.6 Å². The molecule has 3 rings (SSSR count). The van der Waals surface area contributed by atoms with Gasteiger partial charge >= 0.3 is 0 Å². The Labute approximate surface area is 179 Å². The maximum atomic E-state index is 12.7. The van der Waals surface area contributed by atoms with E-state index in [1.807, 2.05) is 29.2 Å². The van der Waals surface area contributed by atoms with Crippen LogP contribution in [-0.4, -0.2) is 45.8 Å². The van der Waals surface area contributed by atoms with Gasteiger partial charge in [0.05, 0.1) is 24.5 Å². The highest BCUT2D eigenvalue weighted by Crippen LogP contribution is 2.33. The maximum absolute atomic E-state index is 12.7. The van der Waals surface area contributed by atoms with Gasteiger partial charge in [0.2, 0.25) is 5.91 Å². The number of halogens is 2. The third-order valence-corrected chi connectivity index (χ3v) is 4.60. The quantitative estimate of drug-likeness (QED) is 0.689. The van der Waals surface area contributed by atoms with Gasteiger partial charge in [-0.3, -0.25) is 4.79 Å². The van der Waals surface area contributed by atoms with Gasteiger partial charge < -0.3 is 19.9 Å². The van der Waals surface area contributed by atoms with Crippen molar-refractivity contribution in [2.45, 2.75) is 13.0 Å². The van der Waals surface area contributed by atoms with Crippen LogP contribution in [0.4, 0.5) is 11.4 Å². The molecule has 0 bridgehead atoms. The minimum absolute atomic E-state index is 0. The number of nitrogens with zero attached hydrogens (tertiary/aromatic N) is 2. The Morgan fingerprint density at radius 2 is 1.68 bits per heavy atom. The number of ether oxygens (including phenoxy) is 1. The van der Waals surface area contributed by atoms with Crippen LogP contribution in [0.5, 0.6) is 0 Å². The first-order valence-electron chi connectivity index (χ1n) is 9.17. The van der Waals surface area contributed by atoms with Gasteiger partial charge in [-0.1, -0.05) is 42.5 Å². The summed E-state index contributed by atoms with van der Waals surface area (Å²) in [5.41, 5.74) is 3.40. The average molecular weight is 426 g/mol. The van der Waals surface area contributed by atoms with Gasteiger partial charge in [0, 0.05) is 33.3 Å². The molecule has 0 saturated carbocycles. The van der Waals surface area contributed by atoms with Crippen LogP contribution >= 0.6 is 24.8 Å². The SMILES string of the molecule is COCCNCC(=O)N1CCCN(Cc2ccccc2)c2ccccc21.Cl.Cl. The fourth-order valence-electron chi connectivity index (χ4n) is 3.31. The molecule has 1 amide bonds. The molecular formula is C21H29Cl2N3O2. The number of hydrogen-bond acceptors (Lipinski definition) is 4. The number of carbonyl (C=O) groups excluding carboxylic acids is 1. The molecule has 2 aromatic carbocycles. The van der Waals surface area contributed by atoms with E-state index in [2.05, 4.69) is 40.5 Å². The fraction of sp³-hybridized carbons (Fsp3) is 0.381. The molecule has 0 fully saturated rings. The van der Waals surface area contributed by atoms with Crippen molar-refractivity contribution in [3.05, 3.63) is 60.2 Å². The first kappa shape index (κ1) is 24.2. The van der Waals surface area contributed by atoms with Gasteiger partial charge in [-0.25, -0.2) is 0 Å². The Kier molecular flexibility index (Phi) is 10.9. The zero-order valence-electron chi connectivity index (χ0n) is 16.2. The molecule has 154 valence electrons. The lowest BCUT2D eigenvalue weighted by Crippen LogP contribution is -2.39. The standard InChI is InChI=1S/C21H27N3O2.2ClH/c1-26-15-12-22-16-21(25)24-14-7-13-23(17-18-8-3-2-4-9-18)19-10-5-6-11-20(19)24;;/h2-6,8-11,22H,7,12-17H2,1H3;2*1H. The smallest absolute Gasteiger partial charge is 0.241 e. The molecule has 1 aliphatic rings. The predicted molar refractivity (Wildman–Crippen MR) is 120 cm³/mol. The molecule has 28 heavy (non-hydrogen) atoms. The number of benzene rings is 2. The Morgan fingerprint density at radius 3 is 2.39 bits per heavy atom. The number of methoxy groups -OCH3 is 1. The van der Waals surface area contributed by atoms with Crippen LogP contribution in [0, 0.1) is 0 Å². The highest BCUT2D eigenvalue weighted by atomic mass is 35.5. The van der Waals surface area contributed by atoms with Crippen molar-refractivity contribution in [2.24, 2.45) is 0 Å². The lowest BCUT2D eigenvalue weighted by Gasteiger charge is -2.27. The van der Waals surface area contributed by atoms with Crippen LogP contribution in [0.3, 0.4) is 0 Å². The summed E-state index contributed by atoms with van der Waals surface area (Å²) in [4.78, 5) is 17.0. The van der Waals surface area contributed by atoms with Crippen LogP contribution in [0.25, 0.3) is 0 Å². The maximum Gasteiger partial charge on any atom is 0.241 e. The number of amides is 1. The molecule has 1 N–H and O–H groups in total. The van der Waals surface area contributed by atoms with Crippen molar-refractivity contribution in [2.75, 3.05) is 49.7 Å². The first-order valence-corrected chi connectivity index (χ1v) is 9.17. The minimum Gasteiger partial charge on any atom is -0.383 e. The topological polar surface area (TPSA) is 44.8 Å². The third kappa shape index (κ3) is 6.38. The highest BCUT2D eigenvalue weighted by Gasteiger charge is 2.24. The Bertz CT molecular complexity index is 716. The van der Waals surface area contributed by atoms with Gasteiger partial charge in [-0.2, -0.15) is 0 Å². The molecule has 1 aliphatic heterocycles. The second-order valence-electron chi connectivity index (χ2n) is 6.46. The van der Waals surface area contributed by atoms with Crippen molar-refractivity contribution in [1.29, 1.82) is 0 Å². The molecule has 0 spiro atoms. The lowest BCUT2D eigenvalue weighted by atomic mass is 10.1.